The van der Waals surface area contributed by atoms with E-state index in [2.05, 4.69) is 15.5 Å². The topological polar surface area (TPSA) is 94.0 Å². The van der Waals surface area contributed by atoms with E-state index in [-0.39, 0.29) is 11.9 Å². The van der Waals surface area contributed by atoms with Crippen molar-refractivity contribution in [2.24, 2.45) is 5.73 Å². The van der Waals surface area contributed by atoms with Gasteiger partial charge in [-0.25, -0.2) is 0 Å². The predicted octanol–water partition coefficient (Wildman–Crippen LogP) is 3.83. The van der Waals surface area contributed by atoms with Gasteiger partial charge in [0.2, 0.25) is 0 Å². The van der Waals surface area contributed by atoms with Crippen molar-refractivity contribution in [3.8, 4) is 0 Å². The van der Waals surface area contributed by atoms with Crippen molar-refractivity contribution in [2.45, 2.75) is 37.6 Å². The molecule has 2 heterocycles. The van der Waals surface area contributed by atoms with Gasteiger partial charge >= 0.3 is 0 Å². The van der Waals surface area contributed by atoms with Crippen LogP contribution in [-0.2, 0) is 6.42 Å². The fourth-order valence-electron chi connectivity index (χ4n) is 3.00. The van der Waals surface area contributed by atoms with Gasteiger partial charge < -0.3 is 15.6 Å². The SMILES string of the molecule is NC(CCc1ccncc1)c1ccc(NC(=O)c2cc(C3CC3)on2)cc1. The Balaban J connectivity index is 1.32. The second-order valence-corrected chi connectivity index (χ2v) is 6.97. The van der Waals surface area contributed by atoms with E-state index in [1.54, 1.807) is 18.5 Å². The molecule has 0 radical (unpaired) electrons. The van der Waals surface area contributed by atoms with Crippen LogP contribution in [0.25, 0.3) is 0 Å². The Hall–Kier alpha value is -2.99. The van der Waals surface area contributed by atoms with E-state index in [0.717, 1.165) is 37.0 Å². The van der Waals surface area contributed by atoms with Gasteiger partial charge in [-0.2, -0.15) is 0 Å². The number of carbonyl (C=O) groups excluding carboxylic acids is 1. The summed E-state index contributed by atoms with van der Waals surface area (Å²) in [5, 5.41) is 6.71. The molecule has 1 aromatic carbocycles. The molecular formula is C21H22N4O2. The summed E-state index contributed by atoms with van der Waals surface area (Å²) in [6, 6.07) is 13.3. The smallest absolute Gasteiger partial charge is 0.277 e. The summed E-state index contributed by atoms with van der Waals surface area (Å²) in [4.78, 5) is 16.3. The maximum atomic E-state index is 12.3. The zero-order valence-electron chi connectivity index (χ0n) is 15.0. The molecule has 0 spiro atoms. The average molecular weight is 362 g/mol. The molecule has 0 aliphatic heterocycles. The van der Waals surface area contributed by atoms with Crippen molar-refractivity contribution < 1.29 is 9.32 Å². The third-order valence-electron chi connectivity index (χ3n) is 4.83. The van der Waals surface area contributed by atoms with Crippen LogP contribution in [0.2, 0.25) is 0 Å². The van der Waals surface area contributed by atoms with Gasteiger partial charge in [0.15, 0.2) is 5.69 Å². The van der Waals surface area contributed by atoms with Crippen LogP contribution in [0.1, 0.15) is 58.6 Å². The van der Waals surface area contributed by atoms with Gasteiger partial charge in [-0.05, 0) is 61.1 Å². The molecule has 1 atom stereocenters. The molecule has 1 saturated carbocycles. The second kappa shape index (κ2) is 7.72. The Morgan fingerprint density at radius 2 is 1.93 bits per heavy atom. The molecule has 138 valence electrons. The molecule has 1 aliphatic rings. The highest BCUT2D eigenvalue weighted by molar-refractivity contribution is 6.02. The number of pyridine rings is 1. The molecule has 1 aliphatic carbocycles. The predicted molar refractivity (Wildman–Crippen MR) is 102 cm³/mol. The summed E-state index contributed by atoms with van der Waals surface area (Å²) < 4.78 is 5.23. The lowest BCUT2D eigenvalue weighted by Crippen LogP contribution is -2.13. The minimum Gasteiger partial charge on any atom is -0.360 e. The fourth-order valence-corrected chi connectivity index (χ4v) is 3.00. The van der Waals surface area contributed by atoms with Crippen LogP contribution < -0.4 is 11.1 Å². The first-order valence-corrected chi connectivity index (χ1v) is 9.21. The number of nitrogens with two attached hydrogens (primary N) is 1. The highest BCUT2D eigenvalue weighted by Gasteiger charge is 2.28. The summed E-state index contributed by atoms with van der Waals surface area (Å²) in [6.07, 6.45) is 7.55. The molecule has 0 bridgehead atoms. The minimum atomic E-state index is -0.264. The molecule has 4 rings (SSSR count). The van der Waals surface area contributed by atoms with Gasteiger partial charge in [0.25, 0.3) is 5.91 Å². The van der Waals surface area contributed by atoms with Crippen LogP contribution in [-0.4, -0.2) is 16.0 Å². The standard InChI is InChI=1S/C21H22N4O2/c22-18(8-1-14-9-11-23-12-10-14)15-4-6-17(7-5-15)24-21(26)19-13-20(27-25-19)16-2-3-16/h4-7,9-13,16,18H,1-3,8,22H2,(H,24,26). The fraction of sp³-hybridized carbons (Fsp3) is 0.286. The van der Waals surface area contributed by atoms with Gasteiger partial charge in [-0.3, -0.25) is 9.78 Å². The normalized spacial score (nSPS) is 14.7. The van der Waals surface area contributed by atoms with Crippen LogP contribution in [0.15, 0.2) is 59.4 Å². The van der Waals surface area contributed by atoms with Crippen molar-refractivity contribution >= 4 is 11.6 Å². The number of carbonyl (C=O) groups is 1. The number of benzene rings is 1. The lowest BCUT2D eigenvalue weighted by molar-refractivity contribution is 0.101. The molecule has 2 aromatic heterocycles. The van der Waals surface area contributed by atoms with Crippen molar-refractivity contribution in [1.82, 2.24) is 10.1 Å². The van der Waals surface area contributed by atoms with Crippen LogP contribution in [0, 0.1) is 0 Å². The zero-order valence-corrected chi connectivity index (χ0v) is 15.0. The first-order valence-electron chi connectivity index (χ1n) is 9.21. The van der Waals surface area contributed by atoms with Crippen molar-refractivity contribution in [2.75, 3.05) is 5.32 Å². The molecule has 6 heteroatoms. The number of aryl methyl sites for hydroxylation is 1. The Kier molecular flexibility index (Phi) is 4.98. The largest absolute Gasteiger partial charge is 0.360 e. The Morgan fingerprint density at radius 3 is 2.63 bits per heavy atom. The summed E-state index contributed by atoms with van der Waals surface area (Å²) in [7, 11) is 0. The van der Waals surface area contributed by atoms with Crippen molar-refractivity contribution in [3.63, 3.8) is 0 Å². The van der Waals surface area contributed by atoms with Gasteiger partial charge in [0, 0.05) is 36.1 Å². The molecule has 1 amide bonds. The molecule has 3 N–H and O–H groups in total. The van der Waals surface area contributed by atoms with E-state index in [0.29, 0.717) is 17.3 Å². The Morgan fingerprint density at radius 1 is 1.19 bits per heavy atom. The van der Waals surface area contributed by atoms with Gasteiger partial charge in [0.1, 0.15) is 5.76 Å². The monoisotopic (exact) mass is 362 g/mol. The van der Waals surface area contributed by atoms with E-state index < -0.39 is 0 Å². The highest BCUT2D eigenvalue weighted by atomic mass is 16.5. The highest BCUT2D eigenvalue weighted by Crippen LogP contribution is 2.40. The second-order valence-electron chi connectivity index (χ2n) is 6.97. The third kappa shape index (κ3) is 4.41. The van der Waals surface area contributed by atoms with E-state index in [4.69, 9.17) is 10.3 Å². The van der Waals surface area contributed by atoms with Crippen molar-refractivity contribution in [3.05, 3.63) is 77.4 Å². The summed E-state index contributed by atoms with van der Waals surface area (Å²) >= 11 is 0. The summed E-state index contributed by atoms with van der Waals surface area (Å²) in [5.74, 6) is 0.975. The number of nitrogens with zero attached hydrogens (tertiary/aromatic N) is 2. The lowest BCUT2D eigenvalue weighted by atomic mass is 10.00. The first-order chi connectivity index (χ1) is 13.2. The average Bonchev–Trinajstić information content (AvgIpc) is 3.44. The van der Waals surface area contributed by atoms with Gasteiger partial charge in [-0.1, -0.05) is 17.3 Å². The number of hydrogen-bond acceptors (Lipinski definition) is 5. The maximum Gasteiger partial charge on any atom is 0.277 e. The third-order valence-corrected chi connectivity index (χ3v) is 4.83. The van der Waals surface area contributed by atoms with E-state index in [1.165, 1.54) is 5.56 Å². The van der Waals surface area contributed by atoms with Crippen LogP contribution in [0.5, 0.6) is 0 Å². The number of anilines is 1. The van der Waals surface area contributed by atoms with Crippen LogP contribution >= 0.6 is 0 Å². The number of nitrogens with one attached hydrogen (secondary N) is 1. The number of aromatic nitrogens is 2. The quantitative estimate of drug-likeness (QED) is 0.666. The Labute approximate surface area is 157 Å². The maximum absolute atomic E-state index is 12.3. The van der Waals surface area contributed by atoms with E-state index in [9.17, 15) is 4.79 Å². The van der Waals surface area contributed by atoms with E-state index in [1.807, 2.05) is 36.4 Å². The Bertz CT molecular complexity index is 901. The summed E-state index contributed by atoms with van der Waals surface area (Å²) in [6.45, 7) is 0. The number of rotatable bonds is 7. The van der Waals surface area contributed by atoms with Crippen LogP contribution in [0.4, 0.5) is 5.69 Å². The lowest BCUT2D eigenvalue weighted by Gasteiger charge is -2.13. The van der Waals surface area contributed by atoms with Gasteiger partial charge in [-0.15, -0.1) is 0 Å². The number of hydrogen-bond donors (Lipinski definition) is 2. The number of amides is 1. The van der Waals surface area contributed by atoms with Crippen molar-refractivity contribution in [1.29, 1.82) is 0 Å². The molecule has 0 saturated heterocycles. The van der Waals surface area contributed by atoms with E-state index >= 15 is 0 Å². The molecule has 1 unspecified atom stereocenters. The molecule has 3 aromatic rings. The summed E-state index contributed by atoms with van der Waals surface area (Å²) in [5.41, 5.74) is 9.59. The zero-order chi connectivity index (χ0) is 18.6. The molecule has 1 fully saturated rings. The molecular weight excluding hydrogens is 340 g/mol. The first kappa shape index (κ1) is 17.4. The van der Waals surface area contributed by atoms with Crippen LogP contribution in [0.3, 0.4) is 0 Å². The van der Waals surface area contributed by atoms with Gasteiger partial charge in [0.05, 0.1) is 0 Å². The molecule has 27 heavy (non-hydrogen) atoms. The molecule has 6 nitrogen and oxygen atoms in total. The minimum absolute atomic E-state index is 0.0560.